The predicted octanol–water partition coefficient (Wildman–Crippen LogP) is 2.21. The molecule has 0 radical (unpaired) electrons. The first-order valence-electron chi connectivity index (χ1n) is 9.66. The van der Waals surface area contributed by atoms with Gasteiger partial charge >= 0.3 is 0 Å². The Kier molecular flexibility index (Phi) is 4.65. The van der Waals surface area contributed by atoms with Crippen LogP contribution in [0.3, 0.4) is 0 Å². The van der Waals surface area contributed by atoms with Crippen LogP contribution in [0.1, 0.15) is 12.0 Å². The molecule has 0 unspecified atom stereocenters. The molecule has 0 spiro atoms. The van der Waals surface area contributed by atoms with Gasteiger partial charge in [0.25, 0.3) is 10.0 Å². The van der Waals surface area contributed by atoms with Crippen LogP contribution >= 0.6 is 11.3 Å². The average molecular weight is 454 g/mol. The van der Waals surface area contributed by atoms with Crippen LogP contribution in [-0.2, 0) is 21.2 Å². The van der Waals surface area contributed by atoms with E-state index in [2.05, 4.69) is 20.0 Å². The number of thiophene rings is 1. The first-order valence-corrected chi connectivity index (χ1v) is 12.0. The summed E-state index contributed by atoms with van der Waals surface area (Å²) in [6.07, 6.45) is 3.79. The molecule has 1 atom stereocenters. The van der Waals surface area contributed by atoms with Gasteiger partial charge in [-0.15, -0.1) is 11.3 Å². The van der Waals surface area contributed by atoms with Crippen molar-refractivity contribution in [3.63, 3.8) is 0 Å². The van der Waals surface area contributed by atoms with Crippen molar-refractivity contribution in [1.82, 2.24) is 20.0 Å². The lowest BCUT2D eigenvalue weighted by atomic mass is 9.89. The number of aromatic nitrogens is 2. The van der Waals surface area contributed by atoms with Crippen molar-refractivity contribution in [2.24, 2.45) is 0 Å². The Balaban J connectivity index is 1.52. The summed E-state index contributed by atoms with van der Waals surface area (Å²) in [4.78, 5) is 21.1. The van der Waals surface area contributed by atoms with E-state index in [1.807, 2.05) is 30.3 Å². The number of carbonyl (C=O) groups is 1. The van der Waals surface area contributed by atoms with Crippen LogP contribution in [0, 0.1) is 0 Å². The van der Waals surface area contributed by atoms with Gasteiger partial charge in [0, 0.05) is 30.7 Å². The Morgan fingerprint density at radius 3 is 2.81 bits per heavy atom. The molecule has 1 fully saturated rings. The fourth-order valence-corrected chi connectivity index (χ4v) is 6.69. The van der Waals surface area contributed by atoms with Crippen LogP contribution in [-0.4, -0.2) is 36.4 Å². The molecule has 0 bridgehead atoms. The minimum atomic E-state index is -3.94. The van der Waals surface area contributed by atoms with E-state index in [0.717, 1.165) is 32.4 Å². The second kappa shape index (κ2) is 7.26. The van der Waals surface area contributed by atoms with Crippen LogP contribution in [0.25, 0.3) is 21.0 Å². The Bertz CT molecular complexity index is 1400. The zero-order valence-electron chi connectivity index (χ0n) is 16.3. The monoisotopic (exact) mass is 453 g/mol. The highest BCUT2D eigenvalue weighted by Gasteiger charge is 2.46. The number of pyridine rings is 2. The Labute approximate surface area is 182 Å². The molecule has 4 N–H and O–H groups in total. The number of hydrogen-bond acceptors (Lipinski definition) is 7. The van der Waals surface area contributed by atoms with Gasteiger partial charge in [-0.25, -0.2) is 13.4 Å². The van der Waals surface area contributed by atoms with Gasteiger partial charge in [0.1, 0.15) is 15.6 Å². The van der Waals surface area contributed by atoms with E-state index in [0.29, 0.717) is 24.3 Å². The minimum absolute atomic E-state index is 0.132. The van der Waals surface area contributed by atoms with Crippen LogP contribution in [0.5, 0.6) is 0 Å². The number of nitrogens with one attached hydrogen (secondary N) is 2. The van der Waals surface area contributed by atoms with Crippen molar-refractivity contribution >= 4 is 54.1 Å². The summed E-state index contributed by atoms with van der Waals surface area (Å²) in [5, 5.41) is 4.47. The molecule has 3 aromatic heterocycles. The van der Waals surface area contributed by atoms with Crippen molar-refractivity contribution < 1.29 is 13.2 Å². The maximum Gasteiger partial charge on any atom is 0.251 e. The van der Waals surface area contributed by atoms with Crippen molar-refractivity contribution in [2.75, 3.05) is 12.3 Å². The van der Waals surface area contributed by atoms with Gasteiger partial charge in [-0.05, 0) is 47.7 Å². The fraction of sp³-hybridized carbons (Fsp3) is 0.190. The summed E-state index contributed by atoms with van der Waals surface area (Å²) in [7, 11) is -3.94. The summed E-state index contributed by atoms with van der Waals surface area (Å²) >= 11 is 1.13. The highest BCUT2D eigenvalue weighted by Crippen LogP contribution is 2.31. The number of sulfonamides is 1. The van der Waals surface area contributed by atoms with Gasteiger partial charge in [-0.1, -0.05) is 12.1 Å². The molecule has 1 aromatic carbocycles. The lowest BCUT2D eigenvalue weighted by Gasteiger charge is -2.27. The third-order valence-corrected chi connectivity index (χ3v) is 8.60. The number of rotatable bonds is 5. The van der Waals surface area contributed by atoms with Gasteiger partial charge < -0.3 is 11.1 Å². The molecule has 158 valence electrons. The quantitative estimate of drug-likeness (QED) is 0.425. The predicted molar refractivity (Wildman–Crippen MR) is 120 cm³/mol. The third kappa shape index (κ3) is 3.52. The molecule has 1 saturated heterocycles. The standard InChI is InChI=1S/C21H19N5O3S2/c22-19-15-10-13(3-4-14(15)5-8-24-19)12-21(6-9-25-20(21)27)26-31(28,29)18-11-16-17(30-18)2-1-7-23-16/h1-5,7-8,10-11,26H,6,9,12H2,(H2,22,24)(H,25,27)/t21-/m0/s1. The maximum absolute atomic E-state index is 13.2. The highest BCUT2D eigenvalue weighted by molar-refractivity contribution is 7.91. The Hall–Kier alpha value is -3.08. The molecule has 31 heavy (non-hydrogen) atoms. The Morgan fingerprint density at radius 1 is 1.16 bits per heavy atom. The average Bonchev–Trinajstić information content (AvgIpc) is 3.33. The number of anilines is 1. The van der Waals surface area contributed by atoms with Gasteiger partial charge in [0.15, 0.2) is 0 Å². The van der Waals surface area contributed by atoms with Crippen molar-refractivity contribution in [1.29, 1.82) is 0 Å². The first-order chi connectivity index (χ1) is 14.9. The molecule has 4 aromatic rings. The second-order valence-electron chi connectivity index (χ2n) is 7.57. The molecule has 8 nitrogen and oxygen atoms in total. The molecular weight excluding hydrogens is 434 g/mol. The number of nitrogen functional groups attached to an aromatic ring is 1. The Morgan fingerprint density at radius 2 is 2.03 bits per heavy atom. The number of fused-ring (bicyclic) bond motifs is 2. The van der Waals surface area contributed by atoms with Crippen LogP contribution < -0.4 is 15.8 Å². The topological polar surface area (TPSA) is 127 Å². The van der Waals surface area contributed by atoms with Crippen LogP contribution in [0.2, 0.25) is 0 Å². The van der Waals surface area contributed by atoms with Gasteiger partial charge in [0.2, 0.25) is 5.91 Å². The molecule has 10 heteroatoms. The summed E-state index contributed by atoms with van der Waals surface area (Å²) in [6.45, 7) is 0.395. The van der Waals surface area contributed by atoms with Crippen molar-refractivity contribution in [3.8, 4) is 0 Å². The van der Waals surface area contributed by atoms with E-state index in [-0.39, 0.29) is 16.5 Å². The maximum atomic E-state index is 13.2. The molecule has 5 rings (SSSR count). The number of nitrogens with zero attached hydrogens (tertiary/aromatic N) is 2. The molecule has 1 aliphatic heterocycles. The number of carbonyl (C=O) groups excluding carboxylic acids is 1. The highest BCUT2D eigenvalue weighted by atomic mass is 32.2. The largest absolute Gasteiger partial charge is 0.383 e. The number of hydrogen-bond donors (Lipinski definition) is 3. The van der Waals surface area contributed by atoms with Crippen molar-refractivity contribution in [3.05, 3.63) is 60.4 Å². The van der Waals surface area contributed by atoms with Gasteiger partial charge in [-0.2, -0.15) is 4.72 Å². The lowest BCUT2D eigenvalue weighted by molar-refractivity contribution is -0.124. The minimum Gasteiger partial charge on any atom is -0.383 e. The zero-order chi connectivity index (χ0) is 21.6. The molecule has 0 aliphatic carbocycles. The lowest BCUT2D eigenvalue weighted by Crippen LogP contribution is -2.54. The molecule has 1 aliphatic rings. The summed E-state index contributed by atoms with van der Waals surface area (Å²) in [5.74, 6) is 0.0530. The van der Waals surface area contributed by atoms with E-state index >= 15 is 0 Å². The van der Waals surface area contributed by atoms with Crippen LogP contribution in [0.15, 0.2) is 59.1 Å². The van der Waals surface area contributed by atoms with Gasteiger partial charge in [0.05, 0.1) is 10.2 Å². The van der Waals surface area contributed by atoms with E-state index in [1.165, 1.54) is 6.07 Å². The zero-order valence-corrected chi connectivity index (χ0v) is 18.0. The molecule has 4 heterocycles. The van der Waals surface area contributed by atoms with Gasteiger partial charge in [-0.3, -0.25) is 9.78 Å². The van der Waals surface area contributed by atoms with E-state index < -0.39 is 15.6 Å². The fourth-order valence-electron chi connectivity index (χ4n) is 3.96. The first kappa shape index (κ1) is 19.9. The molecule has 0 saturated carbocycles. The van der Waals surface area contributed by atoms with E-state index in [1.54, 1.807) is 18.5 Å². The van der Waals surface area contributed by atoms with Crippen molar-refractivity contribution in [2.45, 2.75) is 22.6 Å². The number of nitrogens with two attached hydrogens (primary N) is 1. The number of benzene rings is 1. The molecular formula is C21H19N5O3S2. The summed E-state index contributed by atoms with van der Waals surface area (Å²) < 4.78 is 30.1. The van der Waals surface area contributed by atoms with E-state index in [9.17, 15) is 13.2 Å². The summed E-state index contributed by atoms with van der Waals surface area (Å²) in [6, 6.07) is 12.6. The number of amides is 1. The SMILES string of the molecule is Nc1nccc2ccc(C[C@@]3(NS(=O)(=O)c4cc5ncccc5s4)CCNC3=O)cc12. The van der Waals surface area contributed by atoms with E-state index in [4.69, 9.17) is 5.73 Å². The van der Waals surface area contributed by atoms with Crippen LogP contribution in [0.4, 0.5) is 5.82 Å². The summed E-state index contributed by atoms with van der Waals surface area (Å²) in [5.41, 5.74) is 6.12. The second-order valence-corrected chi connectivity index (χ2v) is 10.6. The smallest absolute Gasteiger partial charge is 0.251 e. The third-order valence-electron chi connectivity index (χ3n) is 5.50. The molecule has 1 amide bonds. The normalized spacial score (nSPS) is 19.2.